The van der Waals surface area contributed by atoms with Crippen molar-refractivity contribution >= 4 is 23.7 Å². The molecule has 0 bridgehead atoms. The van der Waals surface area contributed by atoms with Crippen LogP contribution >= 0.6 is 11.8 Å². The minimum absolute atomic E-state index is 0.0352. The minimum Gasteiger partial charge on any atom is -0.481 e. The second-order valence-electron chi connectivity index (χ2n) is 2.68. The van der Waals surface area contributed by atoms with Crippen molar-refractivity contribution in [3.8, 4) is 0 Å². The Morgan fingerprint density at radius 3 is 2.92 bits per heavy atom. The van der Waals surface area contributed by atoms with E-state index in [1.54, 1.807) is 6.92 Å². The highest BCUT2D eigenvalue weighted by atomic mass is 32.2. The van der Waals surface area contributed by atoms with Crippen LogP contribution in [0.3, 0.4) is 0 Å². The summed E-state index contributed by atoms with van der Waals surface area (Å²) in [6.07, 6.45) is 0.556. The summed E-state index contributed by atoms with van der Waals surface area (Å²) in [7, 11) is 0. The highest BCUT2D eigenvalue weighted by molar-refractivity contribution is 8.01. The van der Waals surface area contributed by atoms with Gasteiger partial charge in [-0.15, -0.1) is 11.8 Å². The van der Waals surface area contributed by atoms with Gasteiger partial charge in [0.15, 0.2) is 0 Å². The predicted molar refractivity (Wildman–Crippen MR) is 44.1 cm³/mol. The maximum Gasteiger partial charge on any atom is 0.319 e. The molecule has 1 aliphatic heterocycles. The Kier molecular flexibility index (Phi) is 2.97. The number of hydrogen-bond donors (Lipinski definition) is 1. The fraction of sp³-hybridized carbons (Fsp3) is 0.714. The summed E-state index contributed by atoms with van der Waals surface area (Å²) >= 11 is 1.13. The lowest BCUT2D eigenvalue weighted by Crippen LogP contribution is -2.12. The van der Waals surface area contributed by atoms with Crippen molar-refractivity contribution < 1.29 is 19.4 Å². The van der Waals surface area contributed by atoms with E-state index in [1.807, 2.05) is 0 Å². The molecule has 12 heavy (non-hydrogen) atoms. The van der Waals surface area contributed by atoms with E-state index in [1.165, 1.54) is 0 Å². The molecule has 2 atom stereocenters. The van der Waals surface area contributed by atoms with Gasteiger partial charge in [-0.3, -0.25) is 9.59 Å². The van der Waals surface area contributed by atoms with Crippen LogP contribution in [0.1, 0.15) is 13.3 Å². The van der Waals surface area contributed by atoms with Crippen LogP contribution in [0.15, 0.2) is 0 Å². The van der Waals surface area contributed by atoms with E-state index < -0.39 is 5.97 Å². The minimum atomic E-state index is -0.896. The fourth-order valence-electron chi connectivity index (χ4n) is 1.03. The first-order valence-corrected chi connectivity index (χ1v) is 4.68. The molecular formula is C7H10O4S. The number of hydrogen-bond acceptors (Lipinski definition) is 4. The van der Waals surface area contributed by atoms with E-state index in [0.717, 1.165) is 11.8 Å². The van der Waals surface area contributed by atoms with Crippen molar-refractivity contribution in [2.75, 3.05) is 5.75 Å². The predicted octanol–water partition coefficient (Wildman–Crippen LogP) is 0.508. The fourth-order valence-corrected chi connectivity index (χ4v) is 1.97. The van der Waals surface area contributed by atoms with Crippen molar-refractivity contribution in [3.05, 3.63) is 0 Å². The highest BCUT2D eigenvalue weighted by Crippen LogP contribution is 2.25. The van der Waals surface area contributed by atoms with Crippen LogP contribution in [-0.2, 0) is 14.3 Å². The Hall–Kier alpha value is -0.710. The zero-order valence-electron chi connectivity index (χ0n) is 6.65. The van der Waals surface area contributed by atoms with E-state index >= 15 is 0 Å². The van der Waals surface area contributed by atoms with E-state index in [0.29, 0.717) is 6.42 Å². The van der Waals surface area contributed by atoms with Gasteiger partial charge in [0.25, 0.3) is 0 Å². The molecule has 0 aliphatic carbocycles. The molecule has 1 saturated heterocycles. The summed E-state index contributed by atoms with van der Waals surface area (Å²) in [6, 6.07) is 0. The van der Waals surface area contributed by atoms with Crippen molar-refractivity contribution in [1.82, 2.24) is 0 Å². The molecule has 0 amide bonds. The Labute approximate surface area is 74.3 Å². The van der Waals surface area contributed by atoms with Gasteiger partial charge in [-0.05, 0) is 6.92 Å². The van der Waals surface area contributed by atoms with Gasteiger partial charge in [-0.1, -0.05) is 0 Å². The number of carbonyl (C=O) groups excluding carboxylic acids is 1. The molecule has 1 heterocycles. The van der Waals surface area contributed by atoms with Gasteiger partial charge >= 0.3 is 11.9 Å². The third-order valence-electron chi connectivity index (χ3n) is 1.53. The quantitative estimate of drug-likeness (QED) is 0.657. The Morgan fingerprint density at radius 1 is 1.83 bits per heavy atom. The van der Waals surface area contributed by atoms with Gasteiger partial charge in [0, 0.05) is 6.42 Å². The average Bonchev–Trinajstić information content (AvgIpc) is 2.26. The van der Waals surface area contributed by atoms with E-state index in [2.05, 4.69) is 0 Å². The SMILES string of the molecule is C[C@@H]1C[C@H](SCC(=O)O)C(=O)O1. The molecule has 68 valence electrons. The third kappa shape index (κ3) is 2.41. The van der Waals surface area contributed by atoms with Crippen LogP contribution in [0, 0.1) is 0 Å². The molecule has 1 aliphatic rings. The van der Waals surface area contributed by atoms with Crippen LogP contribution in [0.2, 0.25) is 0 Å². The molecule has 1 fully saturated rings. The largest absolute Gasteiger partial charge is 0.481 e. The second-order valence-corrected chi connectivity index (χ2v) is 3.87. The lowest BCUT2D eigenvalue weighted by atomic mass is 10.3. The smallest absolute Gasteiger partial charge is 0.319 e. The topological polar surface area (TPSA) is 63.6 Å². The van der Waals surface area contributed by atoms with Crippen molar-refractivity contribution in [3.63, 3.8) is 0 Å². The summed E-state index contributed by atoms with van der Waals surface area (Å²) < 4.78 is 4.85. The lowest BCUT2D eigenvalue weighted by molar-refractivity contribution is -0.140. The molecule has 1 N–H and O–H groups in total. The maximum absolute atomic E-state index is 11.0. The first-order chi connectivity index (χ1) is 5.59. The van der Waals surface area contributed by atoms with Gasteiger partial charge in [-0.25, -0.2) is 0 Å². The van der Waals surface area contributed by atoms with Gasteiger partial charge in [0.2, 0.25) is 0 Å². The van der Waals surface area contributed by atoms with Gasteiger partial charge < -0.3 is 9.84 Å². The van der Waals surface area contributed by atoms with Gasteiger partial charge in [0.1, 0.15) is 11.4 Å². The Bertz CT molecular complexity index is 204. The van der Waals surface area contributed by atoms with Crippen LogP contribution in [0.25, 0.3) is 0 Å². The molecule has 4 nitrogen and oxygen atoms in total. The zero-order chi connectivity index (χ0) is 9.14. The number of thioether (sulfide) groups is 1. The number of rotatable bonds is 3. The molecule has 0 aromatic carbocycles. The van der Waals surface area contributed by atoms with E-state index in [-0.39, 0.29) is 23.1 Å². The van der Waals surface area contributed by atoms with Crippen LogP contribution < -0.4 is 0 Å². The van der Waals surface area contributed by atoms with Crippen LogP contribution in [0.4, 0.5) is 0 Å². The molecule has 0 saturated carbocycles. The summed E-state index contributed by atoms with van der Waals surface area (Å²) in [5.74, 6) is -1.21. The first kappa shape index (κ1) is 9.38. The van der Waals surface area contributed by atoms with Crippen LogP contribution in [-0.4, -0.2) is 34.2 Å². The normalized spacial score (nSPS) is 28.6. The monoisotopic (exact) mass is 190 g/mol. The number of carbonyl (C=O) groups is 2. The first-order valence-electron chi connectivity index (χ1n) is 3.63. The maximum atomic E-state index is 11.0. The number of carboxylic acids is 1. The standard InChI is InChI=1S/C7H10O4S/c1-4-2-5(7(10)11-4)12-3-6(8)9/h4-5H,2-3H2,1H3,(H,8,9)/t4-,5+/m1/s1. The summed E-state index contributed by atoms with van der Waals surface area (Å²) in [5, 5.41) is 8.07. The van der Waals surface area contributed by atoms with Crippen LogP contribution in [0.5, 0.6) is 0 Å². The summed E-state index contributed by atoms with van der Waals surface area (Å²) in [4.78, 5) is 21.1. The molecule has 0 unspecified atom stereocenters. The molecule has 0 spiro atoms. The number of esters is 1. The van der Waals surface area contributed by atoms with E-state index in [9.17, 15) is 9.59 Å². The number of carboxylic acid groups (broad SMARTS) is 1. The summed E-state index contributed by atoms with van der Waals surface area (Å²) in [6.45, 7) is 1.80. The molecule has 5 heteroatoms. The number of ether oxygens (including phenoxy) is 1. The highest BCUT2D eigenvalue weighted by Gasteiger charge is 2.32. The molecule has 1 rings (SSSR count). The number of cyclic esters (lactones) is 1. The molecule has 0 aromatic heterocycles. The van der Waals surface area contributed by atoms with Crippen molar-refractivity contribution in [2.24, 2.45) is 0 Å². The van der Waals surface area contributed by atoms with Gasteiger partial charge in [0.05, 0.1) is 5.75 Å². The Morgan fingerprint density at radius 2 is 2.50 bits per heavy atom. The molecule has 0 aromatic rings. The molecule has 0 radical (unpaired) electrons. The number of aliphatic carboxylic acids is 1. The average molecular weight is 190 g/mol. The van der Waals surface area contributed by atoms with Gasteiger partial charge in [-0.2, -0.15) is 0 Å². The molecular weight excluding hydrogens is 180 g/mol. The third-order valence-corrected chi connectivity index (χ3v) is 2.74. The second kappa shape index (κ2) is 3.80. The Balaban J connectivity index is 2.33. The zero-order valence-corrected chi connectivity index (χ0v) is 7.47. The lowest BCUT2D eigenvalue weighted by Gasteiger charge is -2.00. The van der Waals surface area contributed by atoms with E-state index in [4.69, 9.17) is 9.84 Å². The van der Waals surface area contributed by atoms with Crippen molar-refractivity contribution in [2.45, 2.75) is 24.7 Å². The summed E-state index contributed by atoms with van der Waals surface area (Å²) in [5.41, 5.74) is 0. The van der Waals surface area contributed by atoms with Crippen molar-refractivity contribution in [1.29, 1.82) is 0 Å².